The smallest absolute Gasteiger partial charge is 0.299 e. The molecule has 10 heteroatoms. The van der Waals surface area contributed by atoms with Crippen molar-refractivity contribution in [2.24, 2.45) is 0 Å². The summed E-state index contributed by atoms with van der Waals surface area (Å²) in [5, 5.41) is 35.5. The number of hydrogen-bond acceptors (Lipinski definition) is 7. The molecule has 0 spiro atoms. The molecule has 140 valence electrons. The maximum Gasteiger partial charge on any atom is 0.299 e. The Morgan fingerprint density at radius 1 is 1.04 bits per heavy atom. The summed E-state index contributed by atoms with van der Waals surface area (Å²) in [6, 6.07) is 10.6. The summed E-state index contributed by atoms with van der Waals surface area (Å²) in [5.41, 5.74) is -1.85. The second-order valence-corrected chi connectivity index (χ2v) is 5.70. The van der Waals surface area contributed by atoms with Gasteiger partial charge in [0, 0.05) is 6.07 Å². The summed E-state index contributed by atoms with van der Waals surface area (Å²) in [6.07, 6.45) is 0.406. The van der Waals surface area contributed by atoms with Crippen LogP contribution in [0, 0.1) is 20.2 Å². The van der Waals surface area contributed by atoms with Crippen LogP contribution in [-0.2, 0) is 0 Å². The van der Waals surface area contributed by atoms with Crippen LogP contribution in [0.3, 0.4) is 0 Å². The van der Waals surface area contributed by atoms with E-state index in [-0.39, 0.29) is 16.8 Å². The minimum absolute atomic E-state index is 0.0959. The summed E-state index contributed by atoms with van der Waals surface area (Å²) in [5.74, 6) is -1.49. The summed E-state index contributed by atoms with van der Waals surface area (Å²) in [4.78, 5) is 44.3. The summed E-state index contributed by atoms with van der Waals surface area (Å²) in [6.45, 7) is 0. The molecule has 0 atom stereocenters. The van der Waals surface area contributed by atoms with Crippen molar-refractivity contribution in [1.29, 1.82) is 0 Å². The van der Waals surface area contributed by atoms with Crippen LogP contribution in [0.25, 0.3) is 10.8 Å². The van der Waals surface area contributed by atoms with Gasteiger partial charge in [0.25, 0.3) is 17.3 Å². The highest BCUT2D eigenvalue weighted by molar-refractivity contribution is 6.13. The monoisotopic (exact) mass is 381 g/mol. The van der Waals surface area contributed by atoms with Gasteiger partial charge >= 0.3 is 0 Å². The van der Waals surface area contributed by atoms with Crippen LogP contribution < -0.4 is 5.32 Å². The van der Waals surface area contributed by atoms with Crippen LogP contribution >= 0.6 is 0 Å². The van der Waals surface area contributed by atoms with E-state index in [1.54, 1.807) is 24.3 Å². The summed E-state index contributed by atoms with van der Waals surface area (Å²) in [7, 11) is 0. The average Bonchev–Trinajstić information content (AvgIpc) is 2.67. The molecule has 10 nitrogen and oxygen atoms in total. The molecule has 3 rings (SSSR count). The number of non-ortho nitro benzene ring substituents is 1. The van der Waals surface area contributed by atoms with E-state index >= 15 is 0 Å². The van der Waals surface area contributed by atoms with E-state index in [4.69, 9.17) is 0 Å². The Hall–Kier alpha value is -4.34. The molecular formula is C18H11N3O7. The van der Waals surface area contributed by atoms with Gasteiger partial charge in [0.1, 0.15) is 11.4 Å². The minimum Gasteiger partial charge on any atom is -0.506 e. The predicted octanol–water partition coefficient (Wildman–Crippen LogP) is 3.43. The van der Waals surface area contributed by atoms with Crippen molar-refractivity contribution in [3.05, 3.63) is 79.9 Å². The number of nitrogens with zero attached hydrogens (tertiary/aromatic N) is 2. The maximum absolute atomic E-state index is 12.6. The lowest BCUT2D eigenvalue weighted by Gasteiger charge is -2.11. The lowest BCUT2D eigenvalue weighted by atomic mass is 9.99. The van der Waals surface area contributed by atoms with Gasteiger partial charge < -0.3 is 10.4 Å². The van der Waals surface area contributed by atoms with E-state index in [1.165, 1.54) is 6.07 Å². The first-order valence-electron chi connectivity index (χ1n) is 7.77. The second kappa shape index (κ2) is 7.11. The average molecular weight is 381 g/mol. The number of rotatable bonds is 5. The third kappa shape index (κ3) is 3.21. The fourth-order valence-corrected chi connectivity index (χ4v) is 2.74. The van der Waals surface area contributed by atoms with Crippen LogP contribution in [0.1, 0.15) is 20.7 Å². The van der Waals surface area contributed by atoms with E-state index in [1.807, 2.05) is 0 Å². The number of aromatic hydroxyl groups is 1. The van der Waals surface area contributed by atoms with Crippen LogP contribution in [0.15, 0.2) is 48.5 Å². The number of nitrogens with one attached hydrogen (secondary N) is 1. The molecule has 0 fully saturated rings. The molecule has 2 N–H and O–H groups in total. The third-order valence-corrected chi connectivity index (χ3v) is 4.06. The fourth-order valence-electron chi connectivity index (χ4n) is 2.74. The molecule has 0 unspecified atom stereocenters. The van der Waals surface area contributed by atoms with E-state index < -0.39 is 32.9 Å². The molecule has 0 aliphatic rings. The Morgan fingerprint density at radius 3 is 2.39 bits per heavy atom. The first-order chi connectivity index (χ1) is 13.3. The molecule has 3 aromatic carbocycles. The number of nitro benzene ring substituents is 2. The zero-order valence-corrected chi connectivity index (χ0v) is 14.0. The molecule has 0 saturated carbocycles. The van der Waals surface area contributed by atoms with Crippen molar-refractivity contribution in [3.63, 3.8) is 0 Å². The Kier molecular flexibility index (Phi) is 4.69. The van der Waals surface area contributed by atoms with Crippen molar-refractivity contribution in [2.45, 2.75) is 0 Å². The van der Waals surface area contributed by atoms with E-state index in [0.29, 0.717) is 23.1 Å². The van der Waals surface area contributed by atoms with Crippen molar-refractivity contribution in [2.75, 3.05) is 5.32 Å². The number of fused-ring (bicyclic) bond motifs is 1. The molecule has 3 aromatic rings. The van der Waals surface area contributed by atoms with E-state index in [9.17, 15) is 34.9 Å². The highest BCUT2D eigenvalue weighted by atomic mass is 16.6. The number of carbonyl (C=O) groups is 2. The molecule has 0 aromatic heterocycles. The fraction of sp³-hybridized carbons (Fsp3) is 0. The molecular weight excluding hydrogens is 370 g/mol. The number of carbonyl (C=O) groups excluding carboxylic acids is 2. The number of phenolic OH excluding ortho intramolecular Hbond substituents is 1. The Labute approximate surface area is 156 Å². The number of anilines is 1. The number of aldehydes is 1. The lowest BCUT2D eigenvalue weighted by Crippen LogP contribution is -2.14. The maximum atomic E-state index is 12.6. The van der Waals surface area contributed by atoms with E-state index in [2.05, 4.69) is 5.32 Å². The Balaban J connectivity index is 2.07. The molecule has 0 aliphatic carbocycles. The number of amides is 1. The Morgan fingerprint density at radius 2 is 1.75 bits per heavy atom. The number of nitro groups is 2. The van der Waals surface area contributed by atoms with Crippen LogP contribution in [0.4, 0.5) is 17.1 Å². The quantitative estimate of drug-likeness (QED) is 0.390. The van der Waals surface area contributed by atoms with Crippen LogP contribution in [0.5, 0.6) is 5.75 Å². The molecule has 0 radical (unpaired) electrons. The zero-order valence-electron chi connectivity index (χ0n) is 14.0. The summed E-state index contributed by atoms with van der Waals surface area (Å²) >= 11 is 0. The number of phenols is 1. The van der Waals surface area contributed by atoms with Gasteiger partial charge in [-0.2, -0.15) is 0 Å². The molecule has 1 amide bonds. The topological polar surface area (TPSA) is 153 Å². The highest BCUT2D eigenvalue weighted by Crippen LogP contribution is 2.33. The largest absolute Gasteiger partial charge is 0.506 e. The molecule has 0 heterocycles. The summed E-state index contributed by atoms with van der Waals surface area (Å²) < 4.78 is 0. The van der Waals surface area contributed by atoms with Gasteiger partial charge in [0.05, 0.1) is 27.0 Å². The van der Waals surface area contributed by atoms with Crippen molar-refractivity contribution < 1.29 is 24.5 Å². The van der Waals surface area contributed by atoms with Gasteiger partial charge in [0.2, 0.25) is 0 Å². The zero-order chi connectivity index (χ0) is 20.4. The Bertz CT molecular complexity index is 1160. The van der Waals surface area contributed by atoms with Gasteiger partial charge in [-0.25, -0.2) is 0 Å². The predicted molar refractivity (Wildman–Crippen MR) is 98.7 cm³/mol. The minimum atomic E-state index is -0.914. The van der Waals surface area contributed by atoms with Gasteiger partial charge in [-0.3, -0.25) is 29.8 Å². The van der Waals surface area contributed by atoms with Crippen LogP contribution in [-0.4, -0.2) is 27.1 Å². The first-order valence-corrected chi connectivity index (χ1v) is 7.77. The van der Waals surface area contributed by atoms with Crippen LogP contribution in [0.2, 0.25) is 0 Å². The normalized spacial score (nSPS) is 10.4. The first kappa shape index (κ1) is 18.5. The highest BCUT2D eigenvalue weighted by Gasteiger charge is 2.23. The number of benzene rings is 3. The molecule has 28 heavy (non-hydrogen) atoms. The van der Waals surface area contributed by atoms with Gasteiger partial charge in [-0.05, 0) is 22.9 Å². The van der Waals surface area contributed by atoms with Gasteiger partial charge in [0.15, 0.2) is 6.29 Å². The van der Waals surface area contributed by atoms with E-state index in [0.717, 1.165) is 12.1 Å². The molecule has 0 bridgehead atoms. The molecule has 0 saturated heterocycles. The standard InChI is InChI=1S/C18H11N3O7/c22-9-14-12-4-2-1-3-10(12)7-13(17(14)23)18(24)19-15-6-5-11(20(25)26)8-16(15)21(27)28/h1-9,23H,(H,19,24). The SMILES string of the molecule is O=Cc1c(O)c(C(=O)Nc2ccc([N+](=O)[O-])cc2[N+](=O)[O-])cc2ccccc12. The van der Waals surface area contributed by atoms with Crippen molar-refractivity contribution in [1.82, 2.24) is 0 Å². The lowest BCUT2D eigenvalue weighted by molar-refractivity contribution is -0.393. The number of hydrogen-bond donors (Lipinski definition) is 2. The second-order valence-electron chi connectivity index (χ2n) is 5.70. The van der Waals surface area contributed by atoms with Crippen molar-refractivity contribution >= 4 is 40.0 Å². The van der Waals surface area contributed by atoms with Gasteiger partial charge in [-0.15, -0.1) is 0 Å². The van der Waals surface area contributed by atoms with Gasteiger partial charge in [-0.1, -0.05) is 24.3 Å². The third-order valence-electron chi connectivity index (χ3n) is 4.06. The van der Waals surface area contributed by atoms with Crippen molar-refractivity contribution in [3.8, 4) is 5.75 Å². The molecule has 0 aliphatic heterocycles.